The molecular weight excluding hydrogens is 254 g/mol. The molecule has 1 heterocycles. The highest BCUT2D eigenvalue weighted by molar-refractivity contribution is 9.10. The SMILES string of the molecule is Brc1cncnc1NCC1CCCCC1. The average Bonchev–Trinajstić information content (AvgIpc) is 2.29. The third-order valence-corrected chi connectivity index (χ3v) is 3.53. The summed E-state index contributed by atoms with van der Waals surface area (Å²) in [5.41, 5.74) is 0. The molecule has 1 saturated carbocycles. The quantitative estimate of drug-likeness (QED) is 0.916. The highest BCUT2D eigenvalue weighted by Gasteiger charge is 2.13. The number of aromatic nitrogens is 2. The van der Waals surface area contributed by atoms with Gasteiger partial charge in [0, 0.05) is 12.7 Å². The Morgan fingerprint density at radius 3 is 2.87 bits per heavy atom. The number of halogens is 1. The number of anilines is 1. The normalized spacial score (nSPS) is 17.7. The first-order valence-electron chi connectivity index (χ1n) is 5.55. The second-order valence-corrected chi connectivity index (χ2v) is 4.96. The van der Waals surface area contributed by atoms with E-state index in [4.69, 9.17) is 0 Å². The van der Waals surface area contributed by atoms with E-state index >= 15 is 0 Å². The summed E-state index contributed by atoms with van der Waals surface area (Å²) >= 11 is 3.43. The minimum Gasteiger partial charge on any atom is -0.369 e. The maximum Gasteiger partial charge on any atom is 0.143 e. The molecule has 1 fully saturated rings. The van der Waals surface area contributed by atoms with Gasteiger partial charge in [0.1, 0.15) is 12.1 Å². The number of nitrogens with one attached hydrogen (secondary N) is 1. The fourth-order valence-corrected chi connectivity index (χ4v) is 2.44. The Labute approximate surface area is 98.8 Å². The zero-order valence-corrected chi connectivity index (χ0v) is 10.3. The van der Waals surface area contributed by atoms with Crippen molar-refractivity contribution in [3.8, 4) is 0 Å². The predicted molar refractivity (Wildman–Crippen MR) is 64.8 cm³/mol. The molecule has 0 spiro atoms. The molecule has 1 aliphatic carbocycles. The molecule has 15 heavy (non-hydrogen) atoms. The summed E-state index contributed by atoms with van der Waals surface area (Å²) in [6, 6.07) is 0. The average molecular weight is 270 g/mol. The van der Waals surface area contributed by atoms with Gasteiger partial charge in [0.2, 0.25) is 0 Å². The fourth-order valence-electron chi connectivity index (χ4n) is 2.08. The summed E-state index contributed by atoms with van der Waals surface area (Å²) < 4.78 is 0.945. The van der Waals surface area contributed by atoms with Gasteiger partial charge >= 0.3 is 0 Å². The van der Waals surface area contributed by atoms with Crippen LogP contribution in [0.1, 0.15) is 32.1 Å². The third kappa shape index (κ3) is 3.16. The molecule has 1 aromatic heterocycles. The Balaban J connectivity index is 1.84. The summed E-state index contributed by atoms with van der Waals surface area (Å²) in [7, 11) is 0. The van der Waals surface area contributed by atoms with E-state index in [2.05, 4.69) is 31.2 Å². The molecule has 1 N–H and O–H groups in total. The van der Waals surface area contributed by atoms with Gasteiger partial charge in [0.15, 0.2) is 0 Å². The van der Waals surface area contributed by atoms with Crippen LogP contribution < -0.4 is 5.32 Å². The van der Waals surface area contributed by atoms with Crippen LogP contribution in [-0.4, -0.2) is 16.5 Å². The van der Waals surface area contributed by atoms with Crippen molar-refractivity contribution in [1.29, 1.82) is 0 Å². The van der Waals surface area contributed by atoms with Gasteiger partial charge in [-0.05, 0) is 34.7 Å². The second kappa shape index (κ2) is 5.45. The molecule has 0 saturated heterocycles. The van der Waals surface area contributed by atoms with E-state index in [9.17, 15) is 0 Å². The van der Waals surface area contributed by atoms with Crippen LogP contribution in [0.25, 0.3) is 0 Å². The first-order chi connectivity index (χ1) is 7.36. The van der Waals surface area contributed by atoms with Gasteiger partial charge in [0.25, 0.3) is 0 Å². The van der Waals surface area contributed by atoms with Crippen molar-refractivity contribution in [3.05, 3.63) is 17.0 Å². The molecule has 4 heteroatoms. The van der Waals surface area contributed by atoms with E-state index in [0.29, 0.717) is 0 Å². The summed E-state index contributed by atoms with van der Waals surface area (Å²) in [4.78, 5) is 8.14. The van der Waals surface area contributed by atoms with Crippen molar-refractivity contribution < 1.29 is 0 Å². The third-order valence-electron chi connectivity index (χ3n) is 2.95. The lowest BCUT2D eigenvalue weighted by molar-refractivity contribution is 0.373. The summed E-state index contributed by atoms with van der Waals surface area (Å²) in [5.74, 6) is 1.73. The molecule has 0 amide bonds. The monoisotopic (exact) mass is 269 g/mol. The summed E-state index contributed by atoms with van der Waals surface area (Å²) in [6.07, 6.45) is 10.2. The number of hydrogen-bond donors (Lipinski definition) is 1. The highest BCUT2D eigenvalue weighted by atomic mass is 79.9. The highest BCUT2D eigenvalue weighted by Crippen LogP contribution is 2.24. The van der Waals surface area contributed by atoms with Crippen molar-refractivity contribution in [2.45, 2.75) is 32.1 Å². The summed E-state index contributed by atoms with van der Waals surface area (Å²) in [5, 5.41) is 3.38. The molecule has 0 aromatic carbocycles. The number of hydrogen-bond acceptors (Lipinski definition) is 3. The molecule has 0 unspecified atom stereocenters. The van der Waals surface area contributed by atoms with Gasteiger partial charge in [-0.1, -0.05) is 19.3 Å². The molecule has 0 radical (unpaired) electrons. The van der Waals surface area contributed by atoms with Crippen LogP contribution >= 0.6 is 15.9 Å². The molecule has 0 bridgehead atoms. The topological polar surface area (TPSA) is 37.8 Å². The van der Waals surface area contributed by atoms with E-state index in [-0.39, 0.29) is 0 Å². The standard InChI is InChI=1S/C11H16BrN3/c12-10-7-13-8-15-11(10)14-6-9-4-2-1-3-5-9/h7-9H,1-6H2,(H,13,14,15). The van der Waals surface area contributed by atoms with Gasteiger partial charge in [0.05, 0.1) is 4.47 Å². The van der Waals surface area contributed by atoms with Crippen LogP contribution in [-0.2, 0) is 0 Å². The van der Waals surface area contributed by atoms with E-state index < -0.39 is 0 Å². The molecule has 3 nitrogen and oxygen atoms in total. The van der Waals surface area contributed by atoms with Crippen LogP contribution in [0, 0.1) is 5.92 Å². The second-order valence-electron chi connectivity index (χ2n) is 4.10. The first kappa shape index (κ1) is 10.9. The Hall–Kier alpha value is -0.640. The van der Waals surface area contributed by atoms with Crippen LogP contribution in [0.15, 0.2) is 17.0 Å². The maximum absolute atomic E-state index is 4.19. The molecule has 2 rings (SSSR count). The number of nitrogens with zero attached hydrogens (tertiary/aromatic N) is 2. The molecule has 1 aliphatic rings. The van der Waals surface area contributed by atoms with Gasteiger partial charge in [-0.25, -0.2) is 9.97 Å². The predicted octanol–water partition coefficient (Wildman–Crippen LogP) is 3.23. The van der Waals surface area contributed by atoms with Crippen molar-refractivity contribution in [3.63, 3.8) is 0 Å². The fraction of sp³-hybridized carbons (Fsp3) is 0.636. The Morgan fingerprint density at radius 1 is 1.33 bits per heavy atom. The van der Waals surface area contributed by atoms with Crippen LogP contribution in [0.2, 0.25) is 0 Å². The lowest BCUT2D eigenvalue weighted by Gasteiger charge is -2.22. The maximum atomic E-state index is 4.19. The molecule has 1 aromatic rings. The molecule has 0 atom stereocenters. The van der Waals surface area contributed by atoms with Gasteiger partial charge in [-0.2, -0.15) is 0 Å². The van der Waals surface area contributed by atoms with Crippen molar-refractivity contribution in [1.82, 2.24) is 9.97 Å². The van der Waals surface area contributed by atoms with E-state index in [1.54, 1.807) is 12.5 Å². The Bertz CT molecular complexity index is 310. The van der Waals surface area contributed by atoms with Gasteiger partial charge in [-0.3, -0.25) is 0 Å². The largest absolute Gasteiger partial charge is 0.369 e. The van der Waals surface area contributed by atoms with Crippen molar-refractivity contribution >= 4 is 21.7 Å². The molecule has 82 valence electrons. The van der Waals surface area contributed by atoms with Crippen molar-refractivity contribution in [2.75, 3.05) is 11.9 Å². The smallest absolute Gasteiger partial charge is 0.143 e. The van der Waals surface area contributed by atoms with Crippen LogP contribution in [0.4, 0.5) is 5.82 Å². The van der Waals surface area contributed by atoms with E-state index in [1.165, 1.54) is 32.1 Å². The summed E-state index contributed by atoms with van der Waals surface area (Å²) in [6.45, 7) is 1.04. The van der Waals surface area contributed by atoms with Crippen molar-refractivity contribution in [2.24, 2.45) is 5.92 Å². The Morgan fingerprint density at radius 2 is 2.13 bits per heavy atom. The number of rotatable bonds is 3. The van der Waals surface area contributed by atoms with Gasteiger partial charge in [-0.15, -0.1) is 0 Å². The lowest BCUT2D eigenvalue weighted by Crippen LogP contribution is -2.17. The van der Waals surface area contributed by atoms with E-state index in [0.717, 1.165) is 22.8 Å². The van der Waals surface area contributed by atoms with Crippen LogP contribution in [0.3, 0.4) is 0 Å². The zero-order chi connectivity index (χ0) is 10.5. The van der Waals surface area contributed by atoms with E-state index in [1.807, 2.05) is 0 Å². The lowest BCUT2D eigenvalue weighted by atomic mass is 9.89. The minimum atomic E-state index is 0.820. The Kier molecular flexibility index (Phi) is 3.94. The van der Waals surface area contributed by atoms with Gasteiger partial charge < -0.3 is 5.32 Å². The van der Waals surface area contributed by atoms with Crippen LogP contribution in [0.5, 0.6) is 0 Å². The first-order valence-corrected chi connectivity index (χ1v) is 6.35. The minimum absolute atomic E-state index is 0.820. The molecule has 0 aliphatic heterocycles. The zero-order valence-electron chi connectivity index (χ0n) is 8.75. The molecular formula is C11H16BrN3.